The van der Waals surface area contributed by atoms with Crippen molar-refractivity contribution in [3.63, 3.8) is 0 Å². The lowest BCUT2D eigenvalue weighted by molar-refractivity contribution is 0.588. The topological polar surface area (TPSA) is 37.4 Å². The third-order valence-electron chi connectivity index (χ3n) is 4.25. The Labute approximate surface area is 157 Å². The summed E-state index contributed by atoms with van der Waals surface area (Å²) < 4.78 is 54.9. The fourth-order valence-electron chi connectivity index (χ4n) is 2.76. The van der Waals surface area contributed by atoms with Gasteiger partial charge in [-0.15, -0.1) is 0 Å². The average molecular weight is 387 g/mol. The van der Waals surface area contributed by atoms with Crippen molar-refractivity contribution in [2.45, 2.75) is 25.3 Å². The largest absolute Gasteiger partial charge is 0.264 e. The van der Waals surface area contributed by atoms with Crippen LogP contribution in [0.5, 0.6) is 0 Å². The summed E-state index contributed by atoms with van der Waals surface area (Å²) in [7, 11) is -4.01. The molecule has 0 atom stereocenters. The van der Waals surface area contributed by atoms with Crippen LogP contribution < -0.4 is 4.31 Å². The Morgan fingerprint density at radius 3 is 2.22 bits per heavy atom. The minimum Gasteiger partial charge on any atom is -0.262 e. The van der Waals surface area contributed by atoms with E-state index < -0.39 is 21.7 Å². The molecule has 0 spiro atoms. The first-order valence-corrected chi connectivity index (χ1v) is 9.81. The molecule has 0 N–H and O–H groups in total. The highest BCUT2D eigenvalue weighted by Gasteiger charge is 2.26. The Hall–Kier alpha value is -2.73. The smallest absolute Gasteiger partial charge is 0.262 e. The molecule has 0 saturated carbocycles. The first kappa shape index (κ1) is 19.0. The Morgan fingerprint density at radius 2 is 1.59 bits per heavy atom. The predicted molar refractivity (Wildman–Crippen MR) is 102 cm³/mol. The van der Waals surface area contributed by atoms with Crippen molar-refractivity contribution in [3.05, 3.63) is 95.1 Å². The summed E-state index contributed by atoms with van der Waals surface area (Å²) in [5.41, 5.74) is 2.39. The first-order valence-electron chi connectivity index (χ1n) is 8.37. The third kappa shape index (κ3) is 4.17. The second kappa shape index (κ2) is 7.48. The zero-order valence-corrected chi connectivity index (χ0v) is 15.8. The molecule has 3 rings (SSSR count). The molecule has 0 unspecified atom stereocenters. The van der Waals surface area contributed by atoms with Gasteiger partial charge in [-0.2, -0.15) is 0 Å². The summed E-state index contributed by atoms with van der Waals surface area (Å²) >= 11 is 0. The molecule has 3 aromatic carbocycles. The van der Waals surface area contributed by atoms with E-state index in [0.717, 1.165) is 27.6 Å². The van der Waals surface area contributed by atoms with E-state index in [9.17, 15) is 17.2 Å². The summed E-state index contributed by atoms with van der Waals surface area (Å²) in [5, 5.41) is 0. The maximum absolute atomic E-state index is 14.1. The summed E-state index contributed by atoms with van der Waals surface area (Å²) in [6, 6.07) is 16.3. The van der Waals surface area contributed by atoms with Crippen LogP contribution in [-0.4, -0.2) is 8.42 Å². The van der Waals surface area contributed by atoms with Crippen LogP contribution in [-0.2, 0) is 16.6 Å². The Balaban J connectivity index is 2.11. The minimum absolute atomic E-state index is 0.0316. The molecule has 6 heteroatoms. The summed E-state index contributed by atoms with van der Waals surface area (Å²) in [5.74, 6) is -1.02. The van der Waals surface area contributed by atoms with Gasteiger partial charge in [-0.3, -0.25) is 4.31 Å². The monoisotopic (exact) mass is 387 g/mol. The number of rotatable bonds is 5. The molecular weight excluding hydrogens is 368 g/mol. The maximum atomic E-state index is 14.1. The molecule has 27 heavy (non-hydrogen) atoms. The highest BCUT2D eigenvalue weighted by Crippen LogP contribution is 2.28. The molecule has 3 nitrogen and oxygen atoms in total. The average Bonchev–Trinajstić information content (AvgIpc) is 2.62. The number of anilines is 1. The molecule has 0 fully saturated rings. The molecular formula is C21H19F2NO2S. The second-order valence-electron chi connectivity index (χ2n) is 6.39. The van der Waals surface area contributed by atoms with Gasteiger partial charge in [0.15, 0.2) is 0 Å². The summed E-state index contributed by atoms with van der Waals surface area (Å²) in [4.78, 5) is -0.0578. The summed E-state index contributed by atoms with van der Waals surface area (Å²) in [6.07, 6.45) is 0. The van der Waals surface area contributed by atoms with Gasteiger partial charge in [0.2, 0.25) is 0 Å². The molecule has 140 valence electrons. The zero-order chi connectivity index (χ0) is 19.6. The van der Waals surface area contributed by atoms with Crippen LogP contribution in [0.4, 0.5) is 14.5 Å². The van der Waals surface area contributed by atoms with E-state index in [0.29, 0.717) is 5.56 Å². The normalized spacial score (nSPS) is 11.4. The van der Waals surface area contributed by atoms with E-state index in [4.69, 9.17) is 0 Å². The van der Waals surface area contributed by atoms with Gasteiger partial charge in [-0.25, -0.2) is 17.2 Å². The second-order valence-corrected chi connectivity index (χ2v) is 8.25. The Kier molecular flexibility index (Phi) is 5.28. The predicted octanol–water partition coefficient (Wildman–Crippen LogP) is 4.98. The SMILES string of the molecule is Cc1cccc(CN(c2ccc(C)c(F)c2)S(=O)(=O)c2ccc(F)cc2)c1. The molecule has 0 radical (unpaired) electrons. The van der Waals surface area contributed by atoms with Crippen LogP contribution in [0.3, 0.4) is 0 Å². The van der Waals surface area contributed by atoms with Crippen molar-refractivity contribution in [3.8, 4) is 0 Å². The van der Waals surface area contributed by atoms with Crippen molar-refractivity contribution >= 4 is 15.7 Å². The van der Waals surface area contributed by atoms with Crippen LogP contribution in [0, 0.1) is 25.5 Å². The molecule has 0 aliphatic rings. The van der Waals surface area contributed by atoms with Crippen LogP contribution in [0.1, 0.15) is 16.7 Å². The molecule has 0 amide bonds. The van der Waals surface area contributed by atoms with Crippen molar-refractivity contribution in [2.24, 2.45) is 0 Å². The third-order valence-corrected chi connectivity index (χ3v) is 6.04. The molecule has 0 aliphatic heterocycles. The van der Waals surface area contributed by atoms with Crippen LogP contribution >= 0.6 is 0 Å². The van der Waals surface area contributed by atoms with E-state index in [1.807, 2.05) is 31.2 Å². The van der Waals surface area contributed by atoms with Gasteiger partial charge < -0.3 is 0 Å². The lowest BCUT2D eigenvalue weighted by Crippen LogP contribution is -2.30. The number of aryl methyl sites for hydroxylation is 2. The number of hydrogen-bond acceptors (Lipinski definition) is 2. The molecule has 0 aromatic heterocycles. The number of sulfonamides is 1. The van der Waals surface area contributed by atoms with E-state index in [1.54, 1.807) is 13.0 Å². The van der Waals surface area contributed by atoms with E-state index in [1.165, 1.54) is 24.3 Å². The highest BCUT2D eigenvalue weighted by atomic mass is 32.2. The van der Waals surface area contributed by atoms with Crippen molar-refractivity contribution in [1.29, 1.82) is 0 Å². The van der Waals surface area contributed by atoms with E-state index >= 15 is 0 Å². The highest BCUT2D eigenvalue weighted by molar-refractivity contribution is 7.92. The van der Waals surface area contributed by atoms with Crippen molar-refractivity contribution in [2.75, 3.05) is 4.31 Å². The van der Waals surface area contributed by atoms with Crippen LogP contribution in [0.25, 0.3) is 0 Å². The van der Waals surface area contributed by atoms with E-state index in [-0.39, 0.29) is 17.1 Å². The van der Waals surface area contributed by atoms with Crippen molar-refractivity contribution in [1.82, 2.24) is 0 Å². The van der Waals surface area contributed by atoms with Gasteiger partial charge in [-0.1, -0.05) is 35.9 Å². The molecule has 0 aliphatic carbocycles. The van der Waals surface area contributed by atoms with Gasteiger partial charge in [0.25, 0.3) is 10.0 Å². The molecule has 3 aromatic rings. The fourth-order valence-corrected chi connectivity index (χ4v) is 4.21. The van der Waals surface area contributed by atoms with Crippen LogP contribution in [0.2, 0.25) is 0 Å². The van der Waals surface area contributed by atoms with Gasteiger partial charge in [-0.05, 0) is 61.4 Å². The van der Waals surface area contributed by atoms with Gasteiger partial charge in [0.1, 0.15) is 11.6 Å². The van der Waals surface area contributed by atoms with E-state index in [2.05, 4.69) is 0 Å². The summed E-state index contributed by atoms with van der Waals surface area (Å²) in [6.45, 7) is 3.55. The molecule has 0 saturated heterocycles. The van der Waals surface area contributed by atoms with Crippen LogP contribution in [0.15, 0.2) is 71.6 Å². The number of benzene rings is 3. The van der Waals surface area contributed by atoms with Gasteiger partial charge in [0, 0.05) is 0 Å². The lowest BCUT2D eigenvalue weighted by atomic mass is 10.1. The standard InChI is InChI=1S/C21H19F2NO2S/c1-15-4-3-5-17(12-15)14-24(19-9-6-16(2)21(23)13-19)27(25,26)20-10-7-18(22)8-11-20/h3-13H,14H2,1-2H3. The molecule has 0 heterocycles. The van der Waals surface area contributed by atoms with Crippen molar-refractivity contribution < 1.29 is 17.2 Å². The van der Waals surface area contributed by atoms with Gasteiger partial charge >= 0.3 is 0 Å². The first-order chi connectivity index (χ1) is 12.8. The molecule has 0 bridgehead atoms. The number of halogens is 2. The lowest BCUT2D eigenvalue weighted by Gasteiger charge is -2.25. The number of hydrogen-bond donors (Lipinski definition) is 0. The zero-order valence-electron chi connectivity index (χ0n) is 15.0. The quantitative estimate of drug-likeness (QED) is 0.619. The Bertz CT molecular complexity index is 1060. The minimum atomic E-state index is -4.01. The van der Waals surface area contributed by atoms with Gasteiger partial charge in [0.05, 0.1) is 17.1 Å². The fraction of sp³-hybridized carbons (Fsp3) is 0.143. The maximum Gasteiger partial charge on any atom is 0.264 e. The Morgan fingerprint density at radius 1 is 0.889 bits per heavy atom. The number of nitrogens with zero attached hydrogens (tertiary/aromatic N) is 1.